The van der Waals surface area contributed by atoms with E-state index in [1.165, 1.54) is 12.8 Å². The van der Waals surface area contributed by atoms with E-state index in [0.29, 0.717) is 22.8 Å². The zero-order chi connectivity index (χ0) is 18.6. The van der Waals surface area contributed by atoms with Crippen LogP contribution in [-0.2, 0) is 4.79 Å². The van der Waals surface area contributed by atoms with E-state index < -0.39 is 0 Å². The number of nitrogens with zero attached hydrogens (tertiary/aromatic N) is 1. The second-order valence-electron chi connectivity index (χ2n) is 10.9. The van der Waals surface area contributed by atoms with Gasteiger partial charge in [-0.2, -0.15) is 0 Å². The van der Waals surface area contributed by atoms with Crippen LogP contribution in [0.15, 0.2) is 0 Å². The number of rotatable bonds is 2. The summed E-state index contributed by atoms with van der Waals surface area (Å²) in [6, 6.07) is 0.436. The first-order valence-electron chi connectivity index (χ1n) is 9.56. The van der Waals surface area contributed by atoms with E-state index in [2.05, 4.69) is 87.3 Å². The van der Waals surface area contributed by atoms with E-state index in [9.17, 15) is 4.79 Å². The van der Waals surface area contributed by atoms with E-state index in [-0.39, 0.29) is 24.8 Å². The highest BCUT2D eigenvalue weighted by Gasteiger charge is 2.84. The van der Waals surface area contributed by atoms with Gasteiger partial charge in [-0.05, 0) is 48.3 Å². The third-order valence-electron chi connectivity index (χ3n) is 8.54. The predicted molar refractivity (Wildman–Crippen MR) is 113 cm³/mol. The molecule has 5 heteroatoms. The van der Waals surface area contributed by atoms with Crippen LogP contribution < -0.4 is 0 Å². The van der Waals surface area contributed by atoms with Crippen molar-refractivity contribution in [2.45, 2.75) is 81.3 Å². The first-order chi connectivity index (χ1) is 11.3. The third kappa shape index (κ3) is 2.10. The van der Waals surface area contributed by atoms with Crippen molar-refractivity contribution in [1.82, 2.24) is 4.90 Å². The monoisotopic (exact) mass is 537 g/mol. The van der Waals surface area contributed by atoms with Gasteiger partial charge in [0.2, 0.25) is 5.91 Å². The minimum atomic E-state index is -0.245. The number of amides is 1. The number of carbonyl (C=O) groups is 1. The molecule has 0 radical (unpaired) electrons. The van der Waals surface area contributed by atoms with Crippen LogP contribution in [0, 0.1) is 27.1 Å². The second-order valence-corrected chi connectivity index (χ2v) is 14.9. The van der Waals surface area contributed by atoms with Gasteiger partial charge < -0.3 is 4.90 Å². The van der Waals surface area contributed by atoms with Gasteiger partial charge in [-0.15, -0.1) is 0 Å². The molecule has 5 aliphatic rings. The van der Waals surface area contributed by atoms with Crippen molar-refractivity contribution in [2.24, 2.45) is 27.1 Å². The maximum Gasteiger partial charge on any atom is 0.230 e. The molecule has 0 aromatic carbocycles. The first kappa shape index (κ1) is 19.2. The van der Waals surface area contributed by atoms with Gasteiger partial charge in [0.25, 0.3) is 0 Å². The minimum Gasteiger partial charge on any atom is -0.339 e. The summed E-state index contributed by atoms with van der Waals surface area (Å²) in [6.45, 7) is 12.8. The summed E-state index contributed by atoms with van der Waals surface area (Å²) in [5.41, 5.74) is 0.516. The minimum absolute atomic E-state index is 0.00394. The molecule has 0 N–H and O–H groups in total. The molecule has 142 valence electrons. The van der Waals surface area contributed by atoms with Gasteiger partial charge in [0, 0.05) is 22.8 Å². The molecule has 0 unspecified atom stereocenters. The molecule has 0 spiro atoms. The van der Waals surface area contributed by atoms with E-state index >= 15 is 0 Å². The normalized spacial score (nSPS) is 49.4. The molecule has 4 saturated carbocycles. The standard InChI is InChI=1S/C20H30Br3NO/c1-16(2)8-12-9-18(5,10-16)11-24(12)15(25)20-7-6-19(13(20)21,14(22)23)17(20,3)4/h12-14H,6-11H2,1-5H3/t12-,13-,18-,19-,20+/m0/s1. The molecule has 0 aromatic rings. The van der Waals surface area contributed by atoms with Crippen LogP contribution in [0.1, 0.15) is 66.7 Å². The zero-order valence-electron chi connectivity index (χ0n) is 16.0. The molecule has 1 aliphatic heterocycles. The third-order valence-corrected chi connectivity index (χ3v) is 11.8. The summed E-state index contributed by atoms with van der Waals surface area (Å²) in [5, 5.41) is 0. The van der Waals surface area contributed by atoms with Gasteiger partial charge in [-0.1, -0.05) is 82.4 Å². The maximum atomic E-state index is 14.0. The van der Waals surface area contributed by atoms with Gasteiger partial charge in [0.1, 0.15) is 0 Å². The van der Waals surface area contributed by atoms with E-state index in [1.54, 1.807) is 0 Å². The van der Waals surface area contributed by atoms with Crippen LogP contribution >= 0.6 is 47.8 Å². The van der Waals surface area contributed by atoms with Gasteiger partial charge in [-0.25, -0.2) is 0 Å². The molecule has 1 amide bonds. The molecule has 4 aliphatic carbocycles. The van der Waals surface area contributed by atoms with Gasteiger partial charge >= 0.3 is 0 Å². The Hall–Kier alpha value is 0.910. The Labute approximate surface area is 177 Å². The average Bonchev–Trinajstić information content (AvgIpc) is 3.00. The zero-order valence-corrected chi connectivity index (χ0v) is 20.7. The Bertz CT molecular complexity index is 632. The molecule has 25 heavy (non-hydrogen) atoms. The van der Waals surface area contributed by atoms with Gasteiger partial charge in [-0.3, -0.25) is 4.79 Å². The number of hydrogen-bond acceptors (Lipinski definition) is 1. The van der Waals surface area contributed by atoms with Crippen molar-refractivity contribution >= 4 is 53.7 Å². The average molecular weight is 540 g/mol. The highest BCUT2D eigenvalue weighted by Crippen LogP contribution is 2.83. The fraction of sp³-hybridized carbons (Fsp3) is 0.950. The predicted octanol–water partition coefficient (Wildman–Crippen LogP) is 6.10. The molecule has 0 aromatic heterocycles. The van der Waals surface area contributed by atoms with Crippen molar-refractivity contribution in [1.29, 1.82) is 0 Å². The van der Waals surface area contributed by atoms with Crippen molar-refractivity contribution in [3.8, 4) is 0 Å². The van der Waals surface area contributed by atoms with Crippen LogP contribution in [0.3, 0.4) is 0 Å². The van der Waals surface area contributed by atoms with Crippen LogP contribution in [0.2, 0.25) is 0 Å². The lowest BCUT2D eigenvalue weighted by atomic mass is 9.43. The Morgan fingerprint density at radius 1 is 1.08 bits per heavy atom. The lowest BCUT2D eigenvalue weighted by Gasteiger charge is -2.66. The number of fused-ring (bicyclic) bond motifs is 3. The summed E-state index contributed by atoms with van der Waals surface area (Å²) in [4.78, 5) is 16.5. The lowest BCUT2D eigenvalue weighted by molar-refractivity contribution is -0.174. The smallest absolute Gasteiger partial charge is 0.230 e. The molecule has 2 nitrogen and oxygen atoms in total. The van der Waals surface area contributed by atoms with Crippen molar-refractivity contribution < 1.29 is 4.79 Å². The summed E-state index contributed by atoms with van der Waals surface area (Å²) in [7, 11) is 0. The molecule has 1 heterocycles. The molecule has 1 saturated heterocycles. The van der Waals surface area contributed by atoms with Crippen molar-refractivity contribution in [2.75, 3.05) is 6.54 Å². The van der Waals surface area contributed by atoms with Crippen LogP contribution in [0.4, 0.5) is 0 Å². The van der Waals surface area contributed by atoms with Crippen molar-refractivity contribution in [3.05, 3.63) is 0 Å². The number of carbonyl (C=O) groups excluding carboxylic acids is 1. The Morgan fingerprint density at radius 2 is 1.72 bits per heavy atom. The SMILES string of the molecule is CC1(C)C[C@H]2C[C@](C)(CN2C(=O)[C@@]23CC[C@@](C(Br)Br)([C@@H]2Br)C3(C)C)C1. The number of hydrogen-bond donors (Lipinski definition) is 0. The number of alkyl halides is 3. The highest BCUT2D eigenvalue weighted by atomic mass is 79.9. The first-order valence-corrected chi connectivity index (χ1v) is 12.3. The summed E-state index contributed by atoms with van der Waals surface area (Å²) >= 11 is 11.6. The van der Waals surface area contributed by atoms with Crippen molar-refractivity contribution in [3.63, 3.8) is 0 Å². The fourth-order valence-corrected chi connectivity index (χ4v) is 12.5. The van der Waals surface area contributed by atoms with E-state index in [4.69, 9.17) is 0 Å². The Morgan fingerprint density at radius 3 is 2.24 bits per heavy atom. The Balaban J connectivity index is 1.67. The maximum absolute atomic E-state index is 14.0. The van der Waals surface area contributed by atoms with Gasteiger partial charge in [0.05, 0.1) is 9.15 Å². The van der Waals surface area contributed by atoms with E-state index in [1.807, 2.05) is 0 Å². The summed E-state index contributed by atoms with van der Waals surface area (Å²) in [6.07, 6.45) is 5.69. The summed E-state index contributed by atoms with van der Waals surface area (Å²) < 4.78 is 0.240. The molecular formula is C20H30Br3NO. The quantitative estimate of drug-likeness (QED) is 0.388. The molecule has 5 rings (SSSR count). The highest BCUT2D eigenvalue weighted by molar-refractivity contribution is 9.24. The molecule has 4 bridgehead atoms. The molecule has 5 fully saturated rings. The number of halogens is 3. The van der Waals surface area contributed by atoms with Crippen LogP contribution in [-0.4, -0.2) is 32.0 Å². The second kappa shape index (κ2) is 5.28. The molecule has 5 atom stereocenters. The Kier molecular flexibility index (Phi) is 4.07. The van der Waals surface area contributed by atoms with E-state index in [0.717, 1.165) is 25.8 Å². The van der Waals surface area contributed by atoms with Crippen LogP contribution in [0.25, 0.3) is 0 Å². The fourth-order valence-electron chi connectivity index (χ4n) is 7.62. The largest absolute Gasteiger partial charge is 0.339 e. The van der Waals surface area contributed by atoms with Crippen LogP contribution in [0.5, 0.6) is 0 Å². The lowest BCUT2D eigenvalue weighted by Crippen LogP contribution is -2.72. The number of likely N-dealkylation sites (tertiary alicyclic amines) is 1. The topological polar surface area (TPSA) is 20.3 Å². The molecular weight excluding hydrogens is 510 g/mol. The van der Waals surface area contributed by atoms with Gasteiger partial charge in [0.15, 0.2) is 0 Å². The summed E-state index contributed by atoms with van der Waals surface area (Å²) in [5.74, 6) is 0.430.